The molecule has 0 fully saturated rings. The maximum absolute atomic E-state index is 5.84. The van der Waals surface area contributed by atoms with Gasteiger partial charge in [-0.25, -0.2) is 4.98 Å². The minimum absolute atomic E-state index is 0.474. The number of nitrogens with zero attached hydrogens (tertiary/aromatic N) is 2. The zero-order valence-electron chi connectivity index (χ0n) is 8.42. The molecule has 3 heteroatoms. The second kappa shape index (κ2) is 3.62. The Morgan fingerprint density at radius 1 is 1.43 bits per heavy atom. The van der Waals surface area contributed by atoms with Crippen LogP contribution in [0.15, 0.2) is 18.2 Å². The first kappa shape index (κ1) is 9.53. The Bertz CT molecular complexity index is 460. The van der Waals surface area contributed by atoms with Gasteiger partial charge in [0.2, 0.25) is 0 Å². The summed E-state index contributed by atoms with van der Waals surface area (Å²) >= 11 is 5.84. The summed E-state index contributed by atoms with van der Waals surface area (Å²) < 4.78 is 2.16. The second-order valence-electron chi connectivity index (χ2n) is 3.40. The van der Waals surface area contributed by atoms with Crippen LogP contribution in [0.2, 0.25) is 0 Å². The lowest BCUT2D eigenvalue weighted by Gasteiger charge is -2.02. The molecule has 0 radical (unpaired) electrons. The van der Waals surface area contributed by atoms with E-state index in [2.05, 4.69) is 35.5 Å². The van der Waals surface area contributed by atoms with Gasteiger partial charge in [-0.15, -0.1) is 11.6 Å². The standard InChI is InChI=1S/C11H13ClN2/c1-3-14-10-6-8(2)4-5-9(10)13-11(14)7-12/h4-6H,3,7H2,1-2H3. The van der Waals surface area contributed by atoms with E-state index in [9.17, 15) is 0 Å². The highest BCUT2D eigenvalue weighted by Gasteiger charge is 2.07. The highest BCUT2D eigenvalue weighted by atomic mass is 35.5. The molecular weight excluding hydrogens is 196 g/mol. The van der Waals surface area contributed by atoms with E-state index in [4.69, 9.17) is 11.6 Å². The molecular formula is C11H13ClN2. The van der Waals surface area contributed by atoms with Crippen LogP contribution in [0.25, 0.3) is 11.0 Å². The van der Waals surface area contributed by atoms with Crippen molar-refractivity contribution >= 4 is 22.6 Å². The third kappa shape index (κ3) is 1.40. The van der Waals surface area contributed by atoms with E-state index in [0.29, 0.717) is 5.88 Å². The Kier molecular flexibility index (Phi) is 2.46. The summed E-state index contributed by atoms with van der Waals surface area (Å²) in [5.41, 5.74) is 3.48. The zero-order chi connectivity index (χ0) is 10.1. The predicted octanol–water partition coefficient (Wildman–Crippen LogP) is 3.10. The van der Waals surface area contributed by atoms with Crippen molar-refractivity contribution < 1.29 is 0 Å². The van der Waals surface area contributed by atoms with Crippen molar-refractivity contribution in [3.05, 3.63) is 29.6 Å². The average molecular weight is 209 g/mol. The summed E-state index contributed by atoms with van der Waals surface area (Å²) in [7, 11) is 0. The summed E-state index contributed by atoms with van der Waals surface area (Å²) in [6, 6.07) is 6.28. The Hall–Kier alpha value is -1.02. The normalized spacial score (nSPS) is 11.1. The second-order valence-corrected chi connectivity index (χ2v) is 3.67. The third-order valence-electron chi connectivity index (χ3n) is 2.42. The minimum Gasteiger partial charge on any atom is -0.327 e. The van der Waals surface area contributed by atoms with E-state index in [-0.39, 0.29) is 0 Å². The first-order valence-electron chi connectivity index (χ1n) is 4.78. The van der Waals surface area contributed by atoms with Gasteiger partial charge in [-0.3, -0.25) is 0 Å². The Morgan fingerprint density at radius 3 is 2.86 bits per heavy atom. The van der Waals surface area contributed by atoms with Crippen molar-refractivity contribution in [2.75, 3.05) is 0 Å². The molecule has 0 aliphatic rings. The third-order valence-corrected chi connectivity index (χ3v) is 2.66. The van der Waals surface area contributed by atoms with Crippen LogP contribution in [0.5, 0.6) is 0 Å². The lowest BCUT2D eigenvalue weighted by molar-refractivity contribution is 0.747. The largest absolute Gasteiger partial charge is 0.327 e. The van der Waals surface area contributed by atoms with Gasteiger partial charge in [-0.05, 0) is 31.5 Å². The fourth-order valence-electron chi connectivity index (χ4n) is 1.74. The van der Waals surface area contributed by atoms with Crippen LogP contribution in [0, 0.1) is 6.92 Å². The zero-order valence-corrected chi connectivity index (χ0v) is 9.17. The van der Waals surface area contributed by atoms with Crippen LogP contribution in [-0.2, 0) is 12.4 Å². The number of halogens is 1. The first-order chi connectivity index (χ1) is 6.76. The highest BCUT2D eigenvalue weighted by Crippen LogP contribution is 2.18. The van der Waals surface area contributed by atoms with Crippen molar-refractivity contribution in [1.29, 1.82) is 0 Å². The molecule has 0 spiro atoms. The molecule has 2 rings (SSSR count). The van der Waals surface area contributed by atoms with Crippen LogP contribution in [0.3, 0.4) is 0 Å². The summed E-state index contributed by atoms with van der Waals surface area (Å²) in [5.74, 6) is 1.43. The maximum Gasteiger partial charge on any atom is 0.124 e. The molecule has 0 unspecified atom stereocenters. The molecule has 0 amide bonds. The fourth-order valence-corrected chi connectivity index (χ4v) is 1.94. The van der Waals surface area contributed by atoms with E-state index >= 15 is 0 Å². The number of imidazole rings is 1. The molecule has 0 aliphatic carbocycles. The average Bonchev–Trinajstić information content (AvgIpc) is 2.54. The number of rotatable bonds is 2. The Labute approximate surface area is 88.5 Å². The summed E-state index contributed by atoms with van der Waals surface area (Å²) in [6.45, 7) is 5.12. The molecule has 14 heavy (non-hydrogen) atoms. The molecule has 0 bridgehead atoms. The smallest absolute Gasteiger partial charge is 0.124 e. The van der Waals surface area contributed by atoms with Gasteiger partial charge < -0.3 is 4.57 Å². The predicted molar refractivity (Wildman–Crippen MR) is 59.7 cm³/mol. The van der Waals surface area contributed by atoms with Crippen molar-refractivity contribution in [3.63, 3.8) is 0 Å². The molecule has 0 N–H and O–H groups in total. The molecule has 2 nitrogen and oxygen atoms in total. The number of alkyl halides is 1. The monoisotopic (exact) mass is 208 g/mol. The molecule has 1 aromatic carbocycles. The van der Waals surface area contributed by atoms with E-state index in [0.717, 1.165) is 17.9 Å². The molecule has 2 aromatic rings. The van der Waals surface area contributed by atoms with Gasteiger partial charge in [0.1, 0.15) is 5.82 Å². The Morgan fingerprint density at radius 2 is 2.21 bits per heavy atom. The number of aryl methyl sites for hydroxylation is 2. The van der Waals surface area contributed by atoms with Gasteiger partial charge in [-0.2, -0.15) is 0 Å². The summed E-state index contributed by atoms with van der Waals surface area (Å²) in [5, 5.41) is 0. The van der Waals surface area contributed by atoms with Gasteiger partial charge >= 0.3 is 0 Å². The quantitative estimate of drug-likeness (QED) is 0.694. The number of benzene rings is 1. The summed E-state index contributed by atoms with van der Waals surface area (Å²) in [4.78, 5) is 4.47. The highest BCUT2D eigenvalue weighted by molar-refractivity contribution is 6.16. The van der Waals surface area contributed by atoms with Gasteiger partial charge in [0, 0.05) is 6.54 Å². The van der Waals surface area contributed by atoms with E-state index in [1.54, 1.807) is 0 Å². The van der Waals surface area contributed by atoms with E-state index in [1.807, 2.05) is 6.07 Å². The molecule has 0 atom stereocenters. The maximum atomic E-state index is 5.84. The van der Waals surface area contributed by atoms with Crippen molar-refractivity contribution in [2.24, 2.45) is 0 Å². The van der Waals surface area contributed by atoms with Crippen molar-refractivity contribution in [1.82, 2.24) is 9.55 Å². The molecule has 74 valence electrons. The van der Waals surface area contributed by atoms with Gasteiger partial charge in [0.15, 0.2) is 0 Å². The number of hydrogen-bond donors (Lipinski definition) is 0. The molecule has 1 aromatic heterocycles. The van der Waals surface area contributed by atoms with Crippen LogP contribution >= 0.6 is 11.6 Å². The van der Waals surface area contributed by atoms with Crippen LogP contribution < -0.4 is 0 Å². The van der Waals surface area contributed by atoms with Crippen LogP contribution in [0.1, 0.15) is 18.3 Å². The van der Waals surface area contributed by atoms with E-state index < -0.39 is 0 Å². The Balaban J connectivity index is 2.74. The molecule has 0 saturated carbocycles. The molecule has 1 heterocycles. The van der Waals surface area contributed by atoms with Gasteiger partial charge in [0.05, 0.1) is 16.9 Å². The lowest BCUT2D eigenvalue weighted by atomic mass is 10.2. The summed E-state index contributed by atoms with van der Waals surface area (Å²) in [6.07, 6.45) is 0. The van der Waals surface area contributed by atoms with E-state index in [1.165, 1.54) is 11.1 Å². The van der Waals surface area contributed by atoms with Gasteiger partial charge in [-0.1, -0.05) is 6.07 Å². The number of fused-ring (bicyclic) bond motifs is 1. The minimum atomic E-state index is 0.474. The number of aromatic nitrogens is 2. The van der Waals surface area contributed by atoms with Crippen molar-refractivity contribution in [2.45, 2.75) is 26.3 Å². The SMILES string of the molecule is CCn1c(CCl)nc2ccc(C)cc21. The lowest BCUT2D eigenvalue weighted by Crippen LogP contribution is -1.98. The number of hydrogen-bond acceptors (Lipinski definition) is 1. The van der Waals surface area contributed by atoms with Crippen LogP contribution in [-0.4, -0.2) is 9.55 Å². The van der Waals surface area contributed by atoms with Crippen LogP contribution in [0.4, 0.5) is 0 Å². The van der Waals surface area contributed by atoms with Crippen molar-refractivity contribution in [3.8, 4) is 0 Å². The fraction of sp³-hybridized carbons (Fsp3) is 0.364. The first-order valence-corrected chi connectivity index (χ1v) is 5.31. The van der Waals surface area contributed by atoms with Gasteiger partial charge in [0.25, 0.3) is 0 Å². The topological polar surface area (TPSA) is 17.8 Å². The molecule has 0 saturated heterocycles. The molecule has 0 aliphatic heterocycles.